The number of aromatic nitrogens is 2. The van der Waals surface area contributed by atoms with E-state index in [4.69, 9.17) is 9.47 Å². The van der Waals surface area contributed by atoms with Gasteiger partial charge < -0.3 is 18.9 Å². The highest BCUT2D eigenvalue weighted by Gasteiger charge is 2.43. The molecule has 0 radical (unpaired) electrons. The molecule has 1 spiro atoms. The molecule has 2 aliphatic rings. The fourth-order valence-corrected chi connectivity index (χ4v) is 5.73. The summed E-state index contributed by atoms with van der Waals surface area (Å²) in [6.45, 7) is 2.14. The second-order valence-electron chi connectivity index (χ2n) is 7.92. The molecule has 0 aliphatic carbocycles. The lowest BCUT2D eigenvalue weighted by Gasteiger charge is -2.44. The Bertz CT molecular complexity index is 1060. The van der Waals surface area contributed by atoms with E-state index in [1.807, 2.05) is 58.3 Å². The van der Waals surface area contributed by atoms with Gasteiger partial charge in [-0.05, 0) is 48.7 Å². The highest BCUT2D eigenvalue weighted by Crippen LogP contribution is 2.46. The number of carbonyl (C=O) groups excluding carboxylic acids is 1. The summed E-state index contributed by atoms with van der Waals surface area (Å²) in [5, 5.41) is 0. The van der Waals surface area contributed by atoms with E-state index in [9.17, 15) is 4.79 Å². The molecule has 156 valence electrons. The largest absolute Gasteiger partial charge is 0.495 e. The van der Waals surface area contributed by atoms with Gasteiger partial charge >= 0.3 is 0 Å². The summed E-state index contributed by atoms with van der Waals surface area (Å²) in [5.41, 5.74) is 2.69. The number of rotatable bonds is 3. The number of carbonyl (C=O) groups is 1. The second kappa shape index (κ2) is 7.56. The third-order valence-electron chi connectivity index (χ3n) is 6.25. The number of pyridine rings is 1. The van der Waals surface area contributed by atoms with Gasteiger partial charge in [0, 0.05) is 37.6 Å². The van der Waals surface area contributed by atoms with E-state index in [-0.39, 0.29) is 11.5 Å². The summed E-state index contributed by atoms with van der Waals surface area (Å²) < 4.78 is 13.5. The minimum atomic E-state index is -0.292. The zero-order valence-electron chi connectivity index (χ0n) is 17.3. The number of nitrogens with zero attached hydrogens (tertiary/aromatic N) is 3. The second-order valence-corrected chi connectivity index (χ2v) is 9.06. The van der Waals surface area contributed by atoms with E-state index in [0.717, 1.165) is 47.9 Å². The van der Waals surface area contributed by atoms with Crippen LogP contribution >= 0.6 is 11.3 Å². The van der Waals surface area contributed by atoms with Gasteiger partial charge in [-0.1, -0.05) is 0 Å². The van der Waals surface area contributed by atoms with Crippen LogP contribution in [-0.4, -0.2) is 47.2 Å². The smallest absolute Gasteiger partial charge is 0.270 e. The van der Waals surface area contributed by atoms with Crippen LogP contribution in [0, 0.1) is 0 Å². The summed E-state index contributed by atoms with van der Waals surface area (Å²) in [5.74, 6) is 0.858. The van der Waals surface area contributed by atoms with E-state index in [1.54, 1.807) is 13.3 Å². The first kappa shape index (κ1) is 19.3. The Kier molecular flexibility index (Phi) is 4.87. The van der Waals surface area contributed by atoms with Crippen molar-refractivity contribution in [1.82, 2.24) is 14.5 Å². The predicted octanol–water partition coefficient (Wildman–Crippen LogP) is 3.86. The van der Waals surface area contributed by atoms with Crippen LogP contribution in [0.5, 0.6) is 5.75 Å². The van der Waals surface area contributed by atoms with Crippen molar-refractivity contribution in [2.24, 2.45) is 7.05 Å². The van der Waals surface area contributed by atoms with E-state index < -0.39 is 0 Å². The molecule has 0 N–H and O–H groups in total. The summed E-state index contributed by atoms with van der Waals surface area (Å²) in [4.78, 5) is 21.9. The Labute approximate surface area is 180 Å². The lowest BCUT2D eigenvalue weighted by Crippen LogP contribution is -2.48. The van der Waals surface area contributed by atoms with Crippen LogP contribution in [0.1, 0.15) is 33.8 Å². The van der Waals surface area contributed by atoms with Crippen LogP contribution in [0.2, 0.25) is 0 Å². The van der Waals surface area contributed by atoms with Crippen LogP contribution in [0.3, 0.4) is 0 Å². The lowest BCUT2D eigenvalue weighted by molar-refractivity contribution is -0.0927. The number of likely N-dealkylation sites (tertiary alicyclic amines) is 1. The molecule has 1 amide bonds. The van der Waals surface area contributed by atoms with Crippen LogP contribution in [-0.2, 0) is 23.8 Å². The van der Waals surface area contributed by atoms with Gasteiger partial charge in [0.25, 0.3) is 5.91 Å². The van der Waals surface area contributed by atoms with Gasteiger partial charge in [-0.2, -0.15) is 0 Å². The summed E-state index contributed by atoms with van der Waals surface area (Å²) in [7, 11) is 3.56. The van der Waals surface area contributed by atoms with Crippen molar-refractivity contribution in [3.05, 3.63) is 58.9 Å². The number of hydrogen-bond donors (Lipinski definition) is 0. The van der Waals surface area contributed by atoms with Gasteiger partial charge in [-0.3, -0.25) is 9.78 Å². The van der Waals surface area contributed by atoms with Crippen LogP contribution in [0.15, 0.2) is 42.7 Å². The Hall–Kier alpha value is -2.64. The number of methoxy groups -OCH3 is 1. The third kappa shape index (κ3) is 3.22. The maximum Gasteiger partial charge on any atom is 0.270 e. The average molecular weight is 424 g/mol. The molecule has 6 nitrogen and oxygen atoms in total. The Morgan fingerprint density at radius 1 is 1.27 bits per heavy atom. The lowest BCUT2D eigenvalue weighted by atomic mass is 9.82. The van der Waals surface area contributed by atoms with Crippen molar-refractivity contribution in [2.45, 2.75) is 24.9 Å². The Morgan fingerprint density at radius 3 is 2.77 bits per heavy atom. The van der Waals surface area contributed by atoms with Gasteiger partial charge in [0.2, 0.25) is 0 Å². The number of piperidine rings is 1. The van der Waals surface area contributed by atoms with E-state index in [1.165, 1.54) is 10.4 Å². The molecule has 0 atom stereocenters. The highest BCUT2D eigenvalue weighted by molar-refractivity contribution is 7.15. The van der Waals surface area contributed by atoms with E-state index in [2.05, 4.69) is 11.1 Å². The van der Waals surface area contributed by atoms with Gasteiger partial charge in [0.1, 0.15) is 11.4 Å². The fraction of sp³-hybridized carbons (Fsp3) is 0.391. The molecule has 0 bridgehead atoms. The zero-order chi connectivity index (χ0) is 20.7. The molecule has 5 rings (SSSR count). The first-order chi connectivity index (χ1) is 14.6. The molecule has 0 unspecified atom stereocenters. The average Bonchev–Trinajstić information content (AvgIpc) is 3.41. The molecule has 3 aromatic rings. The molecule has 5 heterocycles. The summed E-state index contributed by atoms with van der Waals surface area (Å²) in [6, 6.07) is 10.00. The highest BCUT2D eigenvalue weighted by atomic mass is 32.1. The number of ether oxygens (including phenoxy) is 2. The zero-order valence-corrected chi connectivity index (χ0v) is 18.1. The van der Waals surface area contributed by atoms with Gasteiger partial charge in [-0.25, -0.2) is 0 Å². The first-order valence-electron chi connectivity index (χ1n) is 10.3. The molecular formula is C23H25N3O3S. The number of hydrogen-bond acceptors (Lipinski definition) is 5. The maximum absolute atomic E-state index is 12.9. The van der Waals surface area contributed by atoms with Crippen molar-refractivity contribution in [3.63, 3.8) is 0 Å². The van der Waals surface area contributed by atoms with Crippen molar-refractivity contribution < 1.29 is 14.3 Å². The van der Waals surface area contributed by atoms with Crippen LogP contribution in [0.4, 0.5) is 0 Å². The molecule has 3 aromatic heterocycles. The molecule has 1 saturated heterocycles. The minimum absolute atomic E-state index is 0.0989. The fourth-order valence-electron chi connectivity index (χ4n) is 4.52. The molecule has 1 fully saturated rings. The summed E-state index contributed by atoms with van der Waals surface area (Å²) >= 11 is 1.81. The van der Waals surface area contributed by atoms with E-state index in [0.29, 0.717) is 13.1 Å². The minimum Gasteiger partial charge on any atom is -0.495 e. The topological polar surface area (TPSA) is 56.6 Å². The van der Waals surface area contributed by atoms with E-state index >= 15 is 0 Å². The van der Waals surface area contributed by atoms with Crippen molar-refractivity contribution in [2.75, 3.05) is 26.8 Å². The molecule has 7 heteroatoms. The predicted molar refractivity (Wildman–Crippen MR) is 116 cm³/mol. The van der Waals surface area contributed by atoms with Crippen LogP contribution in [0.25, 0.3) is 10.6 Å². The van der Waals surface area contributed by atoms with Crippen molar-refractivity contribution >= 4 is 17.2 Å². The quantitative estimate of drug-likeness (QED) is 0.642. The summed E-state index contributed by atoms with van der Waals surface area (Å²) in [6.07, 6.45) is 6.25. The SMILES string of the molecule is COc1ccc(-c2cc3c(s2)CCOC32CCN(C(=O)c3cccn3C)CC2)nc1. The number of thiophene rings is 1. The normalized spacial score (nSPS) is 17.7. The van der Waals surface area contributed by atoms with Crippen molar-refractivity contribution in [3.8, 4) is 16.3 Å². The molecule has 0 aromatic carbocycles. The number of aryl methyl sites for hydroxylation is 1. The standard InChI is InChI=1S/C23H25N3O3S/c1-25-10-3-4-19(25)22(27)26-11-8-23(9-12-26)17-14-21(30-20(17)7-13-29-23)18-6-5-16(28-2)15-24-18/h3-6,10,14-15H,7-9,11-13H2,1-2H3. The Balaban J connectivity index is 1.38. The van der Waals surface area contributed by atoms with Gasteiger partial charge in [0.05, 0.1) is 36.1 Å². The van der Waals surface area contributed by atoms with Crippen LogP contribution < -0.4 is 4.74 Å². The monoisotopic (exact) mass is 423 g/mol. The maximum atomic E-state index is 12.9. The number of amides is 1. The molecule has 0 saturated carbocycles. The Morgan fingerprint density at radius 2 is 2.10 bits per heavy atom. The molecular weight excluding hydrogens is 398 g/mol. The number of fused-ring (bicyclic) bond motifs is 2. The first-order valence-corrected chi connectivity index (χ1v) is 11.1. The third-order valence-corrected chi connectivity index (χ3v) is 7.47. The molecule has 2 aliphatic heterocycles. The van der Waals surface area contributed by atoms with Gasteiger partial charge in [-0.15, -0.1) is 11.3 Å². The molecule has 30 heavy (non-hydrogen) atoms. The van der Waals surface area contributed by atoms with Crippen molar-refractivity contribution in [1.29, 1.82) is 0 Å². The van der Waals surface area contributed by atoms with Gasteiger partial charge in [0.15, 0.2) is 0 Å².